The highest BCUT2D eigenvalue weighted by molar-refractivity contribution is 7.99. The van der Waals surface area contributed by atoms with Crippen LogP contribution in [-0.2, 0) is 6.18 Å². The van der Waals surface area contributed by atoms with Gasteiger partial charge in [-0.3, -0.25) is 0 Å². The lowest BCUT2D eigenvalue weighted by Crippen LogP contribution is -2.08. The van der Waals surface area contributed by atoms with Crippen molar-refractivity contribution < 1.29 is 13.2 Å². The third-order valence-electron chi connectivity index (χ3n) is 3.97. The second-order valence-corrected chi connectivity index (χ2v) is 7.13. The Balaban J connectivity index is 1.95. The van der Waals surface area contributed by atoms with E-state index in [1.165, 1.54) is 49.9 Å². The molecule has 2 aromatic rings. The van der Waals surface area contributed by atoms with E-state index >= 15 is 0 Å². The lowest BCUT2D eigenvalue weighted by molar-refractivity contribution is -0.141. The number of para-hydroxylation sites is 1. The summed E-state index contributed by atoms with van der Waals surface area (Å²) in [4.78, 5) is 4.43. The predicted molar refractivity (Wildman–Crippen MR) is 95.5 cm³/mol. The Kier molecular flexibility index (Phi) is 7.40. The Bertz CT molecular complexity index is 640. The van der Waals surface area contributed by atoms with Crippen LogP contribution in [0.25, 0.3) is 10.9 Å². The van der Waals surface area contributed by atoms with Gasteiger partial charge in [0, 0.05) is 10.3 Å². The topological polar surface area (TPSA) is 12.9 Å². The zero-order chi connectivity index (χ0) is 17.4. The van der Waals surface area contributed by atoms with Gasteiger partial charge in [0.25, 0.3) is 0 Å². The van der Waals surface area contributed by atoms with Crippen molar-refractivity contribution in [2.75, 3.05) is 5.75 Å². The number of pyridine rings is 1. The van der Waals surface area contributed by atoms with Crippen molar-refractivity contribution in [3.05, 3.63) is 36.0 Å². The normalized spacial score (nSPS) is 12.0. The number of halogens is 3. The third kappa shape index (κ3) is 5.69. The van der Waals surface area contributed by atoms with Crippen LogP contribution in [0, 0.1) is 0 Å². The van der Waals surface area contributed by atoms with Crippen molar-refractivity contribution in [2.24, 2.45) is 0 Å². The lowest BCUT2D eigenvalue weighted by atomic mass is 10.1. The minimum Gasteiger partial charge on any atom is -0.243 e. The number of hydrogen-bond acceptors (Lipinski definition) is 2. The van der Waals surface area contributed by atoms with E-state index in [-0.39, 0.29) is 0 Å². The molecular formula is C19H24F3NS. The number of benzene rings is 1. The van der Waals surface area contributed by atoms with Crippen LogP contribution < -0.4 is 0 Å². The molecule has 0 bridgehead atoms. The zero-order valence-electron chi connectivity index (χ0n) is 14.0. The monoisotopic (exact) mass is 355 g/mol. The molecule has 0 aliphatic carbocycles. The molecule has 132 valence electrons. The molecule has 0 aliphatic heterocycles. The molecule has 0 saturated carbocycles. The highest BCUT2D eigenvalue weighted by Gasteiger charge is 2.33. The summed E-state index contributed by atoms with van der Waals surface area (Å²) in [6.07, 6.45) is 4.07. The first kappa shape index (κ1) is 19.1. The molecule has 0 atom stereocenters. The minimum atomic E-state index is -4.40. The van der Waals surface area contributed by atoms with Gasteiger partial charge in [0.15, 0.2) is 0 Å². The third-order valence-corrected chi connectivity index (χ3v) is 5.12. The van der Waals surface area contributed by atoms with Gasteiger partial charge in [-0.1, -0.05) is 63.6 Å². The molecule has 0 saturated heterocycles. The summed E-state index contributed by atoms with van der Waals surface area (Å²) >= 11 is 1.51. The summed E-state index contributed by atoms with van der Waals surface area (Å²) < 4.78 is 39.0. The maximum Gasteiger partial charge on any atom is 0.433 e. The van der Waals surface area contributed by atoms with Crippen LogP contribution in [0.3, 0.4) is 0 Å². The molecule has 0 spiro atoms. The number of fused-ring (bicyclic) bond motifs is 1. The van der Waals surface area contributed by atoms with Crippen molar-refractivity contribution in [3.8, 4) is 0 Å². The SMILES string of the molecule is CCCCCCCCCSc1cc(C(F)(F)F)nc2ccccc12. The minimum absolute atomic E-state index is 0.411. The average Bonchev–Trinajstić information content (AvgIpc) is 2.56. The first-order valence-electron chi connectivity index (χ1n) is 8.62. The Morgan fingerprint density at radius 3 is 2.33 bits per heavy atom. The van der Waals surface area contributed by atoms with Crippen molar-refractivity contribution in [1.82, 2.24) is 4.98 Å². The number of rotatable bonds is 9. The van der Waals surface area contributed by atoms with E-state index in [1.807, 2.05) is 12.1 Å². The summed E-state index contributed by atoms with van der Waals surface area (Å²) in [5, 5.41) is 0.804. The van der Waals surface area contributed by atoms with E-state index in [9.17, 15) is 13.2 Å². The van der Waals surface area contributed by atoms with Crippen molar-refractivity contribution in [2.45, 2.75) is 62.9 Å². The molecule has 1 heterocycles. The molecule has 0 N–H and O–H groups in total. The van der Waals surface area contributed by atoms with Gasteiger partial charge in [-0.25, -0.2) is 4.98 Å². The largest absolute Gasteiger partial charge is 0.433 e. The molecular weight excluding hydrogens is 331 g/mol. The lowest BCUT2D eigenvalue weighted by Gasteiger charge is -2.11. The first-order chi connectivity index (χ1) is 11.5. The van der Waals surface area contributed by atoms with Gasteiger partial charge in [-0.2, -0.15) is 13.2 Å². The van der Waals surface area contributed by atoms with Gasteiger partial charge in [0.05, 0.1) is 5.52 Å². The number of alkyl halides is 3. The molecule has 0 unspecified atom stereocenters. The molecule has 0 fully saturated rings. The molecule has 0 amide bonds. The number of aromatic nitrogens is 1. The van der Waals surface area contributed by atoms with E-state index in [0.29, 0.717) is 10.4 Å². The van der Waals surface area contributed by atoms with E-state index < -0.39 is 11.9 Å². The van der Waals surface area contributed by atoms with Crippen LogP contribution in [-0.4, -0.2) is 10.7 Å². The highest BCUT2D eigenvalue weighted by Crippen LogP contribution is 2.35. The van der Waals surface area contributed by atoms with Crippen LogP contribution >= 0.6 is 11.8 Å². The van der Waals surface area contributed by atoms with Gasteiger partial charge < -0.3 is 0 Å². The Morgan fingerprint density at radius 1 is 0.958 bits per heavy atom. The summed E-state index contributed by atoms with van der Waals surface area (Å²) in [5.41, 5.74) is -0.391. The van der Waals surface area contributed by atoms with Gasteiger partial charge >= 0.3 is 6.18 Å². The molecule has 24 heavy (non-hydrogen) atoms. The van der Waals surface area contributed by atoms with E-state index in [2.05, 4.69) is 11.9 Å². The molecule has 0 radical (unpaired) electrons. The summed E-state index contributed by atoms with van der Waals surface area (Å²) in [6.45, 7) is 2.20. The highest BCUT2D eigenvalue weighted by atomic mass is 32.2. The molecule has 0 aliphatic rings. The average molecular weight is 355 g/mol. The van der Waals surface area contributed by atoms with Crippen molar-refractivity contribution in [1.29, 1.82) is 0 Å². The standard InChI is InChI=1S/C19H24F3NS/c1-2-3-4-5-6-7-10-13-24-17-14-18(19(20,21)22)23-16-12-9-8-11-15(16)17/h8-9,11-12,14H,2-7,10,13H2,1H3. The molecule has 1 aromatic heterocycles. The molecule has 1 nitrogen and oxygen atoms in total. The fourth-order valence-corrected chi connectivity index (χ4v) is 3.74. The van der Waals surface area contributed by atoms with Crippen LogP contribution in [0.1, 0.15) is 57.6 Å². The molecule has 1 aromatic carbocycles. The smallest absolute Gasteiger partial charge is 0.243 e. The fraction of sp³-hybridized carbons (Fsp3) is 0.526. The van der Waals surface area contributed by atoms with Gasteiger partial charge in [-0.05, 0) is 24.3 Å². The van der Waals surface area contributed by atoms with Crippen LogP contribution in [0.4, 0.5) is 13.2 Å². The van der Waals surface area contributed by atoms with Crippen LogP contribution in [0.15, 0.2) is 35.2 Å². The summed E-state index contributed by atoms with van der Waals surface area (Å²) in [7, 11) is 0. The van der Waals surface area contributed by atoms with E-state index in [1.54, 1.807) is 12.1 Å². The van der Waals surface area contributed by atoms with Gasteiger partial charge in [-0.15, -0.1) is 11.8 Å². The zero-order valence-corrected chi connectivity index (χ0v) is 14.8. The van der Waals surface area contributed by atoms with Crippen molar-refractivity contribution in [3.63, 3.8) is 0 Å². The van der Waals surface area contributed by atoms with E-state index in [4.69, 9.17) is 0 Å². The van der Waals surface area contributed by atoms with Gasteiger partial charge in [0.1, 0.15) is 5.69 Å². The maximum atomic E-state index is 13.0. The van der Waals surface area contributed by atoms with E-state index in [0.717, 1.165) is 24.0 Å². The van der Waals surface area contributed by atoms with Crippen LogP contribution in [0.5, 0.6) is 0 Å². The molecule has 5 heteroatoms. The van der Waals surface area contributed by atoms with Crippen LogP contribution in [0.2, 0.25) is 0 Å². The number of hydrogen-bond donors (Lipinski definition) is 0. The first-order valence-corrected chi connectivity index (χ1v) is 9.60. The predicted octanol–water partition coefficient (Wildman–Crippen LogP) is 7.10. The molecule has 2 rings (SSSR count). The quantitative estimate of drug-likeness (QED) is 0.351. The number of unbranched alkanes of at least 4 members (excludes halogenated alkanes) is 6. The second-order valence-electron chi connectivity index (χ2n) is 5.99. The summed E-state index contributed by atoms with van der Waals surface area (Å²) in [6, 6.07) is 8.24. The maximum absolute atomic E-state index is 13.0. The van der Waals surface area contributed by atoms with Crippen molar-refractivity contribution >= 4 is 22.7 Å². The number of thioether (sulfide) groups is 1. The Morgan fingerprint density at radius 2 is 1.62 bits per heavy atom. The van der Waals surface area contributed by atoms with Gasteiger partial charge in [0.2, 0.25) is 0 Å². The Hall–Kier alpha value is -1.23. The fourth-order valence-electron chi connectivity index (χ4n) is 2.65. The second kappa shape index (κ2) is 9.30. The Labute approximate surface area is 146 Å². The number of nitrogens with zero attached hydrogens (tertiary/aromatic N) is 1. The summed E-state index contributed by atoms with van der Waals surface area (Å²) in [5.74, 6) is 0.846.